The first kappa shape index (κ1) is 19.4. The number of carbonyl (C=O) groups excluding carboxylic acids is 1. The zero-order valence-electron chi connectivity index (χ0n) is 17.7. The van der Waals surface area contributed by atoms with Crippen LogP contribution in [0.15, 0.2) is 36.4 Å². The maximum absolute atomic E-state index is 13.3. The van der Waals surface area contributed by atoms with Crippen molar-refractivity contribution in [2.24, 2.45) is 0 Å². The van der Waals surface area contributed by atoms with E-state index in [1.807, 2.05) is 0 Å². The average molecular weight is 380 g/mol. The second-order valence-corrected chi connectivity index (χ2v) is 9.08. The molecule has 3 atom stereocenters. The molecule has 3 nitrogen and oxygen atoms in total. The van der Waals surface area contributed by atoms with Crippen LogP contribution in [0.2, 0.25) is 0 Å². The molecule has 2 aromatic carbocycles. The van der Waals surface area contributed by atoms with Crippen molar-refractivity contribution in [3.8, 4) is 0 Å². The van der Waals surface area contributed by atoms with Crippen molar-refractivity contribution >= 4 is 16.7 Å². The largest absolute Gasteiger partial charge is 0.460 e. The average Bonchev–Trinajstić information content (AvgIpc) is 3.04. The fraction of sp³-hybridized carbons (Fsp3) is 0.560. The number of carbonyl (C=O) groups is 1. The van der Waals surface area contributed by atoms with E-state index in [0.29, 0.717) is 18.1 Å². The highest BCUT2D eigenvalue weighted by molar-refractivity contribution is 5.97. The molecule has 28 heavy (non-hydrogen) atoms. The maximum atomic E-state index is 13.3. The van der Waals surface area contributed by atoms with E-state index in [2.05, 4.69) is 69.0 Å². The quantitative estimate of drug-likeness (QED) is 0.647. The van der Waals surface area contributed by atoms with Crippen molar-refractivity contribution in [1.82, 2.24) is 4.90 Å². The van der Waals surface area contributed by atoms with E-state index in [1.165, 1.54) is 22.8 Å². The highest BCUT2D eigenvalue weighted by Crippen LogP contribution is 2.40. The van der Waals surface area contributed by atoms with Gasteiger partial charge in [0.1, 0.15) is 6.10 Å². The van der Waals surface area contributed by atoms with Crippen molar-refractivity contribution in [2.75, 3.05) is 0 Å². The van der Waals surface area contributed by atoms with Crippen molar-refractivity contribution in [3.63, 3.8) is 0 Å². The lowest BCUT2D eigenvalue weighted by Crippen LogP contribution is -2.53. The first-order chi connectivity index (χ1) is 13.5. The first-order valence-electron chi connectivity index (χ1n) is 11.0. The van der Waals surface area contributed by atoms with Crippen LogP contribution < -0.4 is 0 Å². The van der Waals surface area contributed by atoms with Crippen molar-refractivity contribution < 1.29 is 9.53 Å². The Labute approximate surface area is 169 Å². The molecule has 1 saturated carbocycles. The maximum Gasteiger partial charge on any atom is 0.314 e. The number of hydrogen-bond acceptors (Lipinski definition) is 3. The highest BCUT2D eigenvalue weighted by Gasteiger charge is 2.38. The standard InChI is InChI=1S/C25H33NO2/c1-16(2)26(17(3)4)22-13-5-6-14-23(22)28-25(27)21-15-19-11-7-9-18-10-8-12-20(21)24(18)19/h7-12,16-17,21-23H,5-6,13-15H2,1-4H3/t21?,22-,23-/m1/s1. The molecule has 0 amide bonds. The van der Waals surface area contributed by atoms with Crippen LogP contribution in [-0.4, -0.2) is 35.1 Å². The Kier molecular flexibility index (Phi) is 5.46. The molecule has 2 aliphatic carbocycles. The van der Waals surface area contributed by atoms with Gasteiger partial charge >= 0.3 is 5.97 Å². The van der Waals surface area contributed by atoms with Gasteiger partial charge in [-0.3, -0.25) is 9.69 Å². The highest BCUT2D eigenvalue weighted by atomic mass is 16.5. The predicted molar refractivity (Wildman–Crippen MR) is 115 cm³/mol. The van der Waals surface area contributed by atoms with Gasteiger partial charge in [0.2, 0.25) is 0 Å². The molecule has 0 N–H and O–H groups in total. The second-order valence-electron chi connectivity index (χ2n) is 9.08. The molecule has 1 unspecified atom stereocenters. The molecule has 150 valence electrons. The number of nitrogens with zero attached hydrogens (tertiary/aromatic N) is 1. The Bertz CT molecular complexity index is 843. The van der Waals surface area contributed by atoms with E-state index in [4.69, 9.17) is 4.74 Å². The van der Waals surface area contributed by atoms with Gasteiger partial charge in [0, 0.05) is 18.1 Å². The van der Waals surface area contributed by atoms with Gasteiger partial charge in [0.05, 0.1) is 5.92 Å². The minimum absolute atomic E-state index is 0.00830. The molecule has 3 heteroatoms. The van der Waals surface area contributed by atoms with E-state index in [-0.39, 0.29) is 18.0 Å². The molecule has 4 rings (SSSR count). The third-order valence-corrected chi connectivity index (χ3v) is 6.62. The lowest BCUT2D eigenvalue weighted by Gasteiger charge is -2.44. The van der Waals surface area contributed by atoms with Crippen molar-refractivity contribution in [3.05, 3.63) is 47.5 Å². The van der Waals surface area contributed by atoms with E-state index in [1.54, 1.807) is 0 Å². The van der Waals surface area contributed by atoms with Gasteiger partial charge in [-0.05, 0) is 75.3 Å². The molecule has 1 fully saturated rings. The summed E-state index contributed by atoms with van der Waals surface area (Å²) in [5.41, 5.74) is 2.43. The van der Waals surface area contributed by atoms with E-state index in [0.717, 1.165) is 31.2 Å². The van der Waals surface area contributed by atoms with Crippen LogP contribution in [-0.2, 0) is 16.0 Å². The normalized spacial score (nSPS) is 24.5. The van der Waals surface area contributed by atoms with E-state index < -0.39 is 0 Å². The van der Waals surface area contributed by atoms with Crippen molar-refractivity contribution in [1.29, 1.82) is 0 Å². The molecular weight excluding hydrogens is 346 g/mol. The third-order valence-electron chi connectivity index (χ3n) is 6.62. The minimum Gasteiger partial charge on any atom is -0.460 e. The SMILES string of the molecule is CC(C)N(C(C)C)[C@@H]1CCCC[C@H]1OC(=O)C1Cc2cccc3cccc1c23. The topological polar surface area (TPSA) is 29.5 Å². The summed E-state index contributed by atoms with van der Waals surface area (Å²) in [6.07, 6.45) is 5.26. The Morgan fingerprint density at radius 1 is 1.00 bits per heavy atom. The summed E-state index contributed by atoms with van der Waals surface area (Å²) in [7, 11) is 0. The lowest BCUT2D eigenvalue weighted by molar-refractivity contribution is -0.158. The Hall–Kier alpha value is -1.87. The molecule has 0 bridgehead atoms. The molecule has 0 spiro atoms. The fourth-order valence-electron chi connectivity index (χ4n) is 5.60. The second kappa shape index (κ2) is 7.87. The molecule has 2 aromatic rings. The van der Waals surface area contributed by atoms with Gasteiger partial charge in [-0.2, -0.15) is 0 Å². The van der Waals surface area contributed by atoms with Crippen LogP contribution in [0.4, 0.5) is 0 Å². The number of rotatable bonds is 5. The molecule has 0 aromatic heterocycles. The molecule has 2 aliphatic rings. The number of hydrogen-bond donors (Lipinski definition) is 0. The summed E-state index contributed by atoms with van der Waals surface area (Å²) in [5.74, 6) is -0.191. The van der Waals surface area contributed by atoms with Gasteiger partial charge in [-0.25, -0.2) is 0 Å². The van der Waals surface area contributed by atoms with Gasteiger partial charge in [0.15, 0.2) is 0 Å². The Morgan fingerprint density at radius 2 is 1.68 bits per heavy atom. The van der Waals surface area contributed by atoms with Crippen molar-refractivity contribution in [2.45, 2.75) is 89.9 Å². The summed E-state index contributed by atoms with van der Waals surface area (Å²) in [5, 5.41) is 2.49. The fourth-order valence-corrected chi connectivity index (χ4v) is 5.60. The van der Waals surface area contributed by atoms with Gasteiger partial charge < -0.3 is 4.74 Å². The van der Waals surface area contributed by atoms with Crippen LogP contribution in [0, 0.1) is 0 Å². The molecule has 0 radical (unpaired) electrons. The summed E-state index contributed by atoms with van der Waals surface area (Å²) in [4.78, 5) is 15.8. The zero-order valence-corrected chi connectivity index (χ0v) is 17.7. The van der Waals surface area contributed by atoms with Crippen LogP contribution in [0.3, 0.4) is 0 Å². The number of esters is 1. The third kappa shape index (κ3) is 3.45. The van der Waals surface area contributed by atoms with Gasteiger partial charge in [0.25, 0.3) is 0 Å². The molecule has 0 saturated heterocycles. The smallest absolute Gasteiger partial charge is 0.314 e. The number of ether oxygens (including phenoxy) is 1. The van der Waals surface area contributed by atoms with Crippen LogP contribution >= 0.6 is 0 Å². The Morgan fingerprint density at radius 3 is 2.39 bits per heavy atom. The zero-order chi connectivity index (χ0) is 19.8. The van der Waals surface area contributed by atoms with Gasteiger partial charge in [-0.1, -0.05) is 42.8 Å². The monoisotopic (exact) mass is 379 g/mol. The first-order valence-corrected chi connectivity index (χ1v) is 11.0. The van der Waals surface area contributed by atoms with Crippen LogP contribution in [0.5, 0.6) is 0 Å². The molecule has 0 aliphatic heterocycles. The summed E-state index contributed by atoms with van der Waals surface area (Å²) >= 11 is 0. The van der Waals surface area contributed by atoms with Gasteiger partial charge in [-0.15, -0.1) is 0 Å². The van der Waals surface area contributed by atoms with E-state index in [9.17, 15) is 4.79 Å². The lowest BCUT2D eigenvalue weighted by atomic mass is 9.89. The molecular formula is C25H33NO2. The Balaban J connectivity index is 1.56. The van der Waals surface area contributed by atoms with Crippen LogP contribution in [0.1, 0.15) is 70.4 Å². The predicted octanol–water partition coefficient (Wildman–Crippen LogP) is 5.45. The summed E-state index contributed by atoms with van der Waals surface area (Å²) < 4.78 is 6.25. The summed E-state index contributed by atoms with van der Waals surface area (Å²) in [6, 6.07) is 13.9. The molecule has 0 heterocycles. The number of benzene rings is 2. The summed E-state index contributed by atoms with van der Waals surface area (Å²) in [6.45, 7) is 9.01. The van der Waals surface area contributed by atoms with Crippen LogP contribution in [0.25, 0.3) is 10.8 Å². The van der Waals surface area contributed by atoms with E-state index >= 15 is 0 Å². The minimum atomic E-state index is -0.157.